The highest BCUT2D eigenvalue weighted by molar-refractivity contribution is 7.80. The van der Waals surface area contributed by atoms with Crippen LogP contribution in [-0.2, 0) is 14.3 Å². The Bertz CT molecular complexity index is 671. The van der Waals surface area contributed by atoms with Gasteiger partial charge in [0.1, 0.15) is 0 Å². The number of benzene rings is 1. The van der Waals surface area contributed by atoms with Crippen molar-refractivity contribution in [2.75, 3.05) is 26.0 Å². The van der Waals surface area contributed by atoms with Crippen LogP contribution < -0.4 is 10.6 Å². The first-order chi connectivity index (χ1) is 11.3. The van der Waals surface area contributed by atoms with Crippen molar-refractivity contribution < 1.29 is 19.1 Å². The molecule has 8 heteroatoms. The molecule has 2 amide bonds. The van der Waals surface area contributed by atoms with Crippen molar-refractivity contribution in [3.8, 4) is 0 Å². The van der Waals surface area contributed by atoms with Gasteiger partial charge in [0.15, 0.2) is 5.11 Å². The van der Waals surface area contributed by atoms with Gasteiger partial charge in [-0.2, -0.15) is 0 Å². The van der Waals surface area contributed by atoms with Crippen molar-refractivity contribution in [2.45, 2.75) is 6.92 Å². The number of rotatable bonds is 5. The standard InChI is InChI=1S/C16H19N3O4S/c1-4-23-14(21)10-9-13(20)18-16(24)17-12-8-6-5-7-11(12)15(22)19(2)3/h5-10H,4H2,1-3H3,(H2,17,18,20,24). The molecule has 1 aromatic carbocycles. The molecule has 0 fully saturated rings. The van der Waals surface area contributed by atoms with E-state index in [0.717, 1.165) is 12.2 Å². The summed E-state index contributed by atoms with van der Waals surface area (Å²) in [5.74, 6) is -1.40. The van der Waals surface area contributed by atoms with Crippen molar-refractivity contribution in [1.29, 1.82) is 0 Å². The summed E-state index contributed by atoms with van der Waals surface area (Å²) in [6.45, 7) is 1.89. The number of hydrogen-bond acceptors (Lipinski definition) is 5. The summed E-state index contributed by atoms with van der Waals surface area (Å²) in [6, 6.07) is 6.78. The summed E-state index contributed by atoms with van der Waals surface area (Å²) in [4.78, 5) is 36.3. The van der Waals surface area contributed by atoms with Crippen molar-refractivity contribution in [2.24, 2.45) is 0 Å². The normalized spacial score (nSPS) is 10.1. The van der Waals surface area contributed by atoms with Crippen LogP contribution in [0.4, 0.5) is 5.69 Å². The average molecular weight is 349 g/mol. The van der Waals surface area contributed by atoms with Gasteiger partial charge < -0.3 is 15.0 Å². The lowest BCUT2D eigenvalue weighted by Gasteiger charge is -2.15. The van der Waals surface area contributed by atoms with Crippen molar-refractivity contribution in [3.05, 3.63) is 42.0 Å². The van der Waals surface area contributed by atoms with Crippen LogP contribution in [-0.4, -0.2) is 48.5 Å². The number of nitrogens with zero attached hydrogens (tertiary/aromatic N) is 1. The third-order valence-electron chi connectivity index (χ3n) is 2.71. The van der Waals surface area contributed by atoms with Crippen LogP contribution in [0.1, 0.15) is 17.3 Å². The summed E-state index contributed by atoms with van der Waals surface area (Å²) >= 11 is 5.04. The van der Waals surface area contributed by atoms with E-state index >= 15 is 0 Å². The molecule has 24 heavy (non-hydrogen) atoms. The van der Waals surface area contributed by atoms with Gasteiger partial charge in [0, 0.05) is 26.2 Å². The lowest BCUT2D eigenvalue weighted by molar-refractivity contribution is -0.137. The minimum Gasteiger partial charge on any atom is -0.463 e. The number of amides is 2. The Balaban J connectivity index is 2.71. The average Bonchev–Trinajstić information content (AvgIpc) is 2.53. The van der Waals surface area contributed by atoms with E-state index in [9.17, 15) is 14.4 Å². The molecule has 0 radical (unpaired) electrons. The van der Waals surface area contributed by atoms with E-state index in [2.05, 4.69) is 15.4 Å². The third kappa shape index (κ3) is 6.17. The number of carbonyl (C=O) groups is 3. The molecule has 0 saturated carbocycles. The van der Waals surface area contributed by atoms with E-state index in [-0.39, 0.29) is 17.6 Å². The number of carbonyl (C=O) groups excluding carboxylic acids is 3. The Morgan fingerprint density at radius 1 is 1.21 bits per heavy atom. The van der Waals surface area contributed by atoms with Crippen LogP contribution in [0, 0.1) is 0 Å². The van der Waals surface area contributed by atoms with E-state index < -0.39 is 11.9 Å². The van der Waals surface area contributed by atoms with E-state index in [1.807, 2.05) is 0 Å². The fraction of sp³-hybridized carbons (Fsp3) is 0.250. The first-order valence-corrected chi connectivity index (χ1v) is 7.53. The van der Waals surface area contributed by atoms with Crippen molar-refractivity contribution >= 4 is 40.8 Å². The summed E-state index contributed by atoms with van der Waals surface area (Å²) in [6.07, 6.45) is 2.02. The topological polar surface area (TPSA) is 87.7 Å². The monoisotopic (exact) mass is 349 g/mol. The molecule has 128 valence electrons. The van der Waals surface area contributed by atoms with Crippen LogP contribution in [0.25, 0.3) is 0 Å². The highest BCUT2D eigenvalue weighted by atomic mass is 32.1. The first kappa shape index (κ1) is 19.3. The van der Waals surface area contributed by atoms with Crippen molar-refractivity contribution in [3.63, 3.8) is 0 Å². The lowest BCUT2D eigenvalue weighted by atomic mass is 10.1. The number of hydrogen-bond donors (Lipinski definition) is 2. The Morgan fingerprint density at radius 3 is 2.50 bits per heavy atom. The van der Waals surface area contributed by atoms with Gasteiger partial charge in [-0.3, -0.25) is 14.9 Å². The second-order valence-electron chi connectivity index (χ2n) is 4.77. The smallest absolute Gasteiger partial charge is 0.330 e. The zero-order chi connectivity index (χ0) is 18.1. The molecule has 0 saturated heterocycles. The molecule has 7 nitrogen and oxygen atoms in total. The quantitative estimate of drug-likeness (QED) is 0.474. The molecule has 0 aliphatic heterocycles. The molecule has 2 N–H and O–H groups in total. The maximum absolute atomic E-state index is 12.1. The maximum Gasteiger partial charge on any atom is 0.330 e. The summed E-state index contributed by atoms with van der Waals surface area (Å²) in [5.41, 5.74) is 0.886. The Labute approximate surface area is 145 Å². The number of para-hydroxylation sites is 1. The van der Waals surface area contributed by atoms with Gasteiger partial charge >= 0.3 is 5.97 Å². The predicted octanol–water partition coefficient (Wildman–Crippen LogP) is 1.32. The highest BCUT2D eigenvalue weighted by Gasteiger charge is 2.13. The van der Waals surface area contributed by atoms with E-state index in [1.165, 1.54) is 4.90 Å². The largest absolute Gasteiger partial charge is 0.463 e. The minimum atomic E-state index is -0.617. The summed E-state index contributed by atoms with van der Waals surface area (Å²) in [5, 5.41) is 5.18. The van der Waals surface area contributed by atoms with Gasteiger partial charge in [-0.25, -0.2) is 4.79 Å². The molecule has 0 heterocycles. The Hall–Kier alpha value is -2.74. The lowest BCUT2D eigenvalue weighted by Crippen LogP contribution is -2.34. The minimum absolute atomic E-state index is 0.00696. The molecule has 1 aromatic rings. The molecule has 0 atom stereocenters. The number of esters is 1. The van der Waals surface area contributed by atoms with Crippen molar-refractivity contribution in [1.82, 2.24) is 10.2 Å². The number of thiocarbonyl (C=S) groups is 1. The van der Waals surface area contributed by atoms with Crippen LogP contribution in [0.15, 0.2) is 36.4 Å². The Morgan fingerprint density at radius 2 is 1.88 bits per heavy atom. The number of ether oxygens (including phenoxy) is 1. The molecule has 0 unspecified atom stereocenters. The van der Waals surface area contributed by atoms with E-state index in [0.29, 0.717) is 11.3 Å². The van der Waals surface area contributed by atoms with E-state index in [4.69, 9.17) is 12.2 Å². The second-order valence-corrected chi connectivity index (χ2v) is 5.18. The van der Waals surface area contributed by atoms with Crippen LogP contribution in [0.3, 0.4) is 0 Å². The predicted molar refractivity (Wildman–Crippen MR) is 94.6 cm³/mol. The van der Waals surface area contributed by atoms with Gasteiger partial charge in [-0.15, -0.1) is 0 Å². The molecular formula is C16H19N3O4S. The molecule has 0 aromatic heterocycles. The molecule has 1 rings (SSSR count). The highest BCUT2D eigenvalue weighted by Crippen LogP contribution is 2.16. The zero-order valence-electron chi connectivity index (χ0n) is 13.7. The van der Waals surface area contributed by atoms with Crippen LogP contribution >= 0.6 is 12.2 Å². The molecule has 0 spiro atoms. The number of anilines is 1. The summed E-state index contributed by atoms with van der Waals surface area (Å²) in [7, 11) is 3.28. The van der Waals surface area contributed by atoms with E-state index in [1.54, 1.807) is 45.3 Å². The van der Waals surface area contributed by atoms with Crippen LogP contribution in [0.2, 0.25) is 0 Å². The second kappa shape index (κ2) is 9.41. The SMILES string of the molecule is CCOC(=O)C=CC(=O)NC(=S)Nc1ccccc1C(=O)N(C)C. The number of nitrogens with one attached hydrogen (secondary N) is 2. The fourth-order valence-corrected chi connectivity index (χ4v) is 1.87. The van der Waals surface area contributed by atoms with Crippen LogP contribution in [0.5, 0.6) is 0 Å². The van der Waals surface area contributed by atoms with Gasteiger partial charge in [0.2, 0.25) is 5.91 Å². The third-order valence-corrected chi connectivity index (χ3v) is 2.91. The fourth-order valence-electron chi connectivity index (χ4n) is 1.66. The molecular weight excluding hydrogens is 330 g/mol. The first-order valence-electron chi connectivity index (χ1n) is 7.12. The molecule has 0 aliphatic carbocycles. The Kier molecular flexibility index (Phi) is 7.57. The molecule has 0 bridgehead atoms. The van der Waals surface area contributed by atoms with Gasteiger partial charge in [-0.05, 0) is 31.3 Å². The summed E-state index contributed by atoms with van der Waals surface area (Å²) < 4.78 is 4.66. The van der Waals surface area contributed by atoms with Gasteiger partial charge in [-0.1, -0.05) is 12.1 Å². The zero-order valence-corrected chi connectivity index (χ0v) is 14.5. The molecule has 0 aliphatic rings. The van der Waals surface area contributed by atoms with Gasteiger partial charge in [0.25, 0.3) is 5.91 Å². The van der Waals surface area contributed by atoms with Gasteiger partial charge in [0.05, 0.1) is 17.9 Å². The maximum atomic E-state index is 12.1.